The molecule has 4 N–H and O–H groups in total. The molecule has 0 aliphatic carbocycles. The van der Waals surface area contributed by atoms with Crippen LogP contribution >= 0.6 is 15.9 Å². The number of rotatable bonds is 5. The van der Waals surface area contributed by atoms with E-state index >= 15 is 0 Å². The third kappa shape index (κ3) is 3.40. The van der Waals surface area contributed by atoms with E-state index in [2.05, 4.69) is 36.6 Å². The molecule has 2 aromatic rings. The third-order valence-electron chi connectivity index (χ3n) is 2.43. The van der Waals surface area contributed by atoms with E-state index in [-0.39, 0.29) is 0 Å². The highest BCUT2D eigenvalue weighted by Gasteiger charge is 2.07. The maximum Gasteiger partial charge on any atom is 0.159 e. The van der Waals surface area contributed by atoms with Crippen molar-refractivity contribution in [3.8, 4) is 0 Å². The molecule has 0 radical (unpaired) electrons. The Hall–Kier alpha value is -1.70. The van der Waals surface area contributed by atoms with Crippen LogP contribution in [-0.2, 0) is 11.3 Å². The van der Waals surface area contributed by atoms with Gasteiger partial charge in [-0.15, -0.1) is 0 Å². The van der Waals surface area contributed by atoms with E-state index < -0.39 is 0 Å². The van der Waals surface area contributed by atoms with Gasteiger partial charge in [-0.05, 0) is 33.6 Å². The quantitative estimate of drug-likeness (QED) is 0.578. The Balaban J connectivity index is 2.23. The van der Waals surface area contributed by atoms with Gasteiger partial charge in [0.15, 0.2) is 5.82 Å². The smallest absolute Gasteiger partial charge is 0.159 e. The predicted molar refractivity (Wildman–Crippen MR) is 78.0 cm³/mol. The molecule has 0 atom stereocenters. The number of benzene rings is 1. The van der Waals surface area contributed by atoms with Gasteiger partial charge in [0.1, 0.15) is 16.6 Å². The molecule has 0 amide bonds. The molecule has 0 aliphatic rings. The SMILES string of the molecule is COCc1cccc(Nc2ncnc(NN)c2Br)c1. The molecular weight excluding hydrogens is 310 g/mol. The fourth-order valence-electron chi connectivity index (χ4n) is 1.60. The highest BCUT2D eigenvalue weighted by molar-refractivity contribution is 9.10. The molecule has 0 fully saturated rings. The fraction of sp³-hybridized carbons (Fsp3) is 0.167. The second-order valence-electron chi connectivity index (χ2n) is 3.79. The minimum Gasteiger partial charge on any atom is -0.380 e. The van der Waals surface area contributed by atoms with Crippen molar-refractivity contribution >= 4 is 33.3 Å². The summed E-state index contributed by atoms with van der Waals surface area (Å²) in [6, 6.07) is 7.89. The zero-order chi connectivity index (χ0) is 13.7. The Morgan fingerprint density at radius 2 is 2.11 bits per heavy atom. The maximum atomic E-state index is 5.36. The first kappa shape index (κ1) is 13.7. The Morgan fingerprint density at radius 1 is 1.32 bits per heavy atom. The maximum absolute atomic E-state index is 5.36. The number of anilines is 3. The largest absolute Gasteiger partial charge is 0.380 e. The van der Waals surface area contributed by atoms with Crippen LogP contribution in [0.2, 0.25) is 0 Å². The molecule has 7 heteroatoms. The zero-order valence-electron chi connectivity index (χ0n) is 10.4. The van der Waals surface area contributed by atoms with Crippen LogP contribution in [0.15, 0.2) is 35.1 Å². The lowest BCUT2D eigenvalue weighted by molar-refractivity contribution is 0.185. The van der Waals surface area contributed by atoms with E-state index in [1.807, 2.05) is 24.3 Å². The average molecular weight is 324 g/mol. The fourth-order valence-corrected chi connectivity index (χ4v) is 2.02. The number of nitrogens with zero attached hydrogens (tertiary/aromatic N) is 2. The summed E-state index contributed by atoms with van der Waals surface area (Å²) >= 11 is 3.39. The number of hydrogen-bond acceptors (Lipinski definition) is 6. The van der Waals surface area contributed by atoms with Crippen LogP contribution in [0.1, 0.15) is 5.56 Å². The summed E-state index contributed by atoms with van der Waals surface area (Å²) < 4.78 is 5.78. The van der Waals surface area contributed by atoms with Crippen molar-refractivity contribution in [1.29, 1.82) is 0 Å². The molecule has 1 aromatic carbocycles. The first-order chi connectivity index (χ1) is 9.24. The number of nitrogen functional groups attached to an aromatic ring is 1. The molecule has 0 spiro atoms. The van der Waals surface area contributed by atoms with E-state index in [0.29, 0.717) is 22.7 Å². The molecule has 0 aliphatic heterocycles. The van der Waals surface area contributed by atoms with Crippen LogP contribution in [-0.4, -0.2) is 17.1 Å². The number of hydrazine groups is 1. The Morgan fingerprint density at radius 3 is 2.84 bits per heavy atom. The summed E-state index contributed by atoms with van der Waals surface area (Å²) in [5, 5.41) is 3.20. The van der Waals surface area contributed by atoms with Crippen molar-refractivity contribution in [2.75, 3.05) is 17.9 Å². The molecule has 0 saturated carbocycles. The summed E-state index contributed by atoms with van der Waals surface area (Å²) in [4.78, 5) is 8.15. The molecule has 2 rings (SSSR count). The predicted octanol–water partition coefficient (Wildman–Crippen LogP) is 2.41. The molecule has 0 unspecified atom stereocenters. The topological polar surface area (TPSA) is 85.1 Å². The Bertz CT molecular complexity index is 564. The third-order valence-corrected chi connectivity index (χ3v) is 3.18. The van der Waals surface area contributed by atoms with Crippen molar-refractivity contribution in [1.82, 2.24) is 9.97 Å². The van der Waals surface area contributed by atoms with Gasteiger partial charge in [-0.1, -0.05) is 12.1 Å². The number of nitrogens with one attached hydrogen (secondary N) is 2. The van der Waals surface area contributed by atoms with Gasteiger partial charge in [-0.3, -0.25) is 0 Å². The minimum absolute atomic E-state index is 0.519. The second kappa shape index (κ2) is 6.46. The van der Waals surface area contributed by atoms with E-state index in [1.54, 1.807) is 7.11 Å². The van der Waals surface area contributed by atoms with Gasteiger partial charge in [0.2, 0.25) is 0 Å². The lowest BCUT2D eigenvalue weighted by Gasteiger charge is -2.10. The van der Waals surface area contributed by atoms with Crippen molar-refractivity contribution in [2.45, 2.75) is 6.61 Å². The van der Waals surface area contributed by atoms with Gasteiger partial charge in [0, 0.05) is 12.8 Å². The summed E-state index contributed by atoms with van der Waals surface area (Å²) in [6.07, 6.45) is 1.43. The zero-order valence-corrected chi connectivity index (χ0v) is 11.9. The molecule has 6 nitrogen and oxygen atoms in total. The standard InChI is InChI=1S/C12H14BrN5O/c1-19-6-8-3-2-4-9(5-8)17-11-10(13)12(18-14)16-7-15-11/h2-5,7H,6,14H2,1H3,(H2,15,16,17,18). The van der Waals surface area contributed by atoms with Crippen LogP contribution in [0, 0.1) is 0 Å². The summed E-state index contributed by atoms with van der Waals surface area (Å²) in [7, 11) is 1.67. The van der Waals surface area contributed by atoms with Crippen molar-refractivity contribution < 1.29 is 4.74 Å². The van der Waals surface area contributed by atoms with Crippen LogP contribution < -0.4 is 16.6 Å². The molecule has 19 heavy (non-hydrogen) atoms. The van der Waals surface area contributed by atoms with E-state index in [9.17, 15) is 0 Å². The highest BCUT2D eigenvalue weighted by Crippen LogP contribution is 2.28. The molecular formula is C12H14BrN5O. The second-order valence-corrected chi connectivity index (χ2v) is 4.58. The lowest BCUT2D eigenvalue weighted by atomic mass is 10.2. The van der Waals surface area contributed by atoms with Crippen LogP contribution in [0.3, 0.4) is 0 Å². The van der Waals surface area contributed by atoms with Gasteiger partial charge in [0.05, 0.1) is 6.61 Å². The van der Waals surface area contributed by atoms with Crippen molar-refractivity contribution in [3.63, 3.8) is 0 Å². The van der Waals surface area contributed by atoms with Crippen LogP contribution in [0.5, 0.6) is 0 Å². The summed E-state index contributed by atoms with van der Waals surface area (Å²) in [6.45, 7) is 0.566. The van der Waals surface area contributed by atoms with Crippen molar-refractivity contribution in [3.05, 3.63) is 40.6 Å². The normalized spacial score (nSPS) is 10.3. The number of hydrogen-bond donors (Lipinski definition) is 3. The molecule has 0 saturated heterocycles. The van der Waals surface area contributed by atoms with Crippen LogP contribution in [0.25, 0.3) is 0 Å². The first-order valence-corrected chi connectivity index (χ1v) is 6.36. The lowest BCUT2D eigenvalue weighted by Crippen LogP contribution is -2.10. The first-order valence-electron chi connectivity index (χ1n) is 5.56. The number of ether oxygens (including phenoxy) is 1. The van der Waals surface area contributed by atoms with Crippen LogP contribution in [0.4, 0.5) is 17.3 Å². The number of methoxy groups -OCH3 is 1. The number of nitrogens with two attached hydrogens (primary N) is 1. The van der Waals surface area contributed by atoms with Gasteiger partial charge in [-0.25, -0.2) is 15.8 Å². The molecule has 1 aromatic heterocycles. The molecule has 1 heterocycles. The van der Waals surface area contributed by atoms with Gasteiger partial charge >= 0.3 is 0 Å². The molecule has 100 valence electrons. The van der Waals surface area contributed by atoms with E-state index in [4.69, 9.17) is 10.6 Å². The number of halogens is 1. The van der Waals surface area contributed by atoms with Gasteiger partial charge < -0.3 is 15.5 Å². The van der Waals surface area contributed by atoms with Crippen molar-refractivity contribution in [2.24, 2.45) is 5.84 Å². The Labute approximate surface area is 119 Å². The van der Waals surface area contributed by atoms with E-state index in [0.717, 1.165) is 11.3 Å². The van der Waals surface area contributed by atoms with E-state index in [1.165, 1.54) is 6.33 Å². The average Bonchev–Trinajstić information content (AvgIpc) is 2.42. The summed E-state index contributed by atoms with van der Waals surface area (Å²) in [5.41, 5.74) is 4.49. The molecule has 0 bridgehead atoms. The van der Waals surface area contributed by atoms with Gasteiger partial charge in [0.25, 0.3) is 0 Å². The minimum atomic E-state index is 0.519. The monoisotopic (exact) mass is 323 g/mol. The Kier molecular flexibility index (Phi) is 4.67. The number of aromatic nitrogens is 2. The van der Waals surface area contributed by atoms with Gasteiger partial charge in [-0.2, -0.15) is 0 Å². The summed E-state index contributed by atoms with van der Waals surface area (Å²) in [5.74, 6) is 6.52. The highest BCUT2D eigenvalue weighted by atomic mass is 79.9.